The third-order valence-corrected chi connectivity index (χ3v) is 5.80. The van der Waals surface area contributed by atoms with E-state index >= 15 is 0 Å². The molecule has 2 aromatic heterocycles. The Balaban J connectivity index is 1.53. The number of anilines is 2. The number of para-hydroxylation sites is 1. The summed E-state index contributed by atoms with van der Waals surface area (Å²) in [4.78, 5) is 30.0. The summed E-state index contributed by atoms with van der Waals surface area (Å²) in [7, 11) is 0. The van der Waals surface area contributed by atoms with Crippen molar-refractivity contribution in [3.05, 3.63) is 42.9 Å². The number of carbonyl (C=O) groups is 1. The number of aromatic nitrogens is 3. The monoisotopic (exact) mass is 410 g/mol. The van der Waals surface area contributed by atoms with Gasteiger partial charge in [0, 0.05) is 42.7 Å². The van der Waals surface area contributed by atoms with Crippen molar-refractivity contribution in [2.45, 2.75) is 16.8 Å². The number of pyridine rings is 1. The second-order valence-electron chi connectivity index (χ2n) is 6.52. The van der Waals surface area contributed by atoms with Crippen LogP contribution >= 0.6 is 11.8 Å². The van der Waals surface area contributed by atoms with Crippen LogP contribution in [-0.4, -0.2) is 58.7 Å². The quantitative estimate of drug-likeness (QED) is 0.656. The molecule has 1 saturated heterocycles. The lowest BCUT2D eigenvalue weighted by atomic mass is 10.2. The van der Waals surface area contributed by atoms with Gasteiger partial charge in [-0.2, -0.15) is 0 Å². The molecule has 1 aliphatic heterocycles. The van der Waals surface area contributed by atoms with Gasteiger partial charge in [-0.15, -0.1) is 0 Å². The molecule has 0 aliphatic carbocycles. The fraction of sp³-hybridized carbons (Fsp3) is 0.300. The van der Waals surface area contributed by atoms with Crippen molar-refractivity contribution in [3.63, 3.8) is 0 Å². The first-order valence-electron chi connectivity index (χ1n) is 9.46. The van der Waals surface area contributed by atoms with Crippen molar-refractivity contribution in [1.82, 2.24) is 19.9 Å². The molecule has 2 N–H and O–H groups in total. The number of ether oxygens (including phenoxy) is 1. The third-order valence-electron chi connectivity index (χ3n) is 4.73. The highest BCUT2D eigenvalue weighted by Gasteiger charge is 2.25. The number of benzene rings is 1. The van der Waals surface area contributed by atoms with Gasteiger partial charge in [0.05, 0.1) is 12.1 Å². The lowest BCUT2D eigenvalue weighted by Crippen LogP contribution is -2.49. The highest BCUT2D eigenvalue weighted by molar-refractivity contribution is 7.99. The molecular weight excluding hydrogens is 388 g/mol. The van der Waals surface area contributed by atoms with Crippen LogP contribution in [0.3, 0.4) is 0 Å². The Morgan fingerprint density at radius 2 is 1.93 bits per heavy atom. The standard InChI is InChI=1S/C20H22N6O2S/c1-2-28-20(27)26-11-9-25(10-12-26)18-16(21)19(24-13-23-18)29-15-7-3-5-14-6-4-8-22-17(14)15/h3-8,13H,2,9-12,21H2,1H3. The summed E-state index contributed by atoms with van der Waals surface area (Å²) in [5.74, 6) is 0.694. The highest BCUT2D eigenvalue weighted by atomic mass is 32.2. The molecule has 0 unspecified atom stereocenters. The van der Waals surface area contributed by atoms with Crippen molar-refractivity contribution >= 4 is 40.3 Å². The second-order valence-corrected chi connectivity index (χ2v) is 7.55. The van der Waals surface area contributed by atoms with Gasteiger partial charge in [-0.3, -0.25) is 4.98 Å². The smallest absolute Gasteiger partial charge is 0.409 e. The first-order chi connectivity index (χ1) is 14.2. The zero-order valence-electron chi connectivity index (χ0n) is 16.1. The molecule has 3 heterocycles. The van der Waals surface area contributed by atoms with E-state index in [1.807, 2.05) is 30.3 Å². The van der Waals surface area contributed by atoms with Gasteiger partial charge in [0.2, 0.25) is 0 Å². The topological polar surface area (TPSA) is 97.5 Å². The Morgan fingerprint density at radius 3 is 2.72 bits per heavy atom. The molecule has 1 fully saturated rings. The first-order valence-corrected chi connectivity index (χ1v) is 10.3. The van der Waals surface area contributed by atoms with Gasteiger partial charge in [-0.05, 0) is 19.1 Å². The summed E-state index contributed by atoms with van der Waals surface area (Å²) < 4.78 is 5.08. The molecule has 1 aromatic carbocycles. The molecular formula is C20H22N6O2S. The molecule has 29 heavy (non-hydrogen) atoms. The largest absolute Gasteiger partial charge is 0.450 e. The van der Waals surface area contributed by atoms with E-state index in [1.54, 1.807) is 18.0 Å². The number of piperazine rings is 1. The molecule has 0 atom stereocenters. The molecule has 3 aromatic rings. The Hall–Kier alpha value is -3.07. The lowest BCUT2D eigenvalue weighted by Gasteiger charge is -2.35. The Bertz CT molecular complexity index is 1020. The summed E-state index contributed by atoms with van der Waals surface area (Å²) >= 11 is 1.48. The Kier molecular flexibility index (Phi) is 5.66. The minimum absolute atomic E-state index is 0.275. The molecule has 0 saturated carbocycles. The van der Waals surface area contributed by atoms with Crippen LogP contribution in [0.2, 0.25) is 0 Å². The van der Waals surface area contributed by atoms with Gasteiger partial charge < -0.3 is 20.3 Å². The van der Waals surface area contributed by atoms with E-state index in [-0.39, 0.29) is 6.09 Å². The molecule has 8 nitrogen and oxygen atoms in total. The number of hydrogen-bond acceptors (Lipinski definition) is 8. The van der Waals surface area contributed by atoms with Crippen LogP contribution < -0.4 is 10.6 Å². The van der Waals surface area contributed by atoms with Crippen LogP contribution in [0.1, 0.15) is 6.92 Å². The number of amides is 1. The van der Waals surface area contributed by atoms with Crippen LogP contribution in [-0.2, 0) is 4.74 Å². The van der Waals surface area contributed by atoms with Gasteiger partial charge in [-0.1, -0.05) is 30.0 Å². The van der Waals surface area contributed by atoms with Crippen molar-refractivity contribution in [3.8, 4) is 0 Å². The first kappa shape index (κ1) is 19.3. The summed E-state index contributed by atoms with van der Waals surface area (Å²) in [5.41, 5.74) is 7.89. The van der Waals surface area contributed by atoms with E-state index in [9.17, 15) is 4.79 Å². The van der Waals surface area contributed by atoms with Crippen molar-refractivity contribution in [2.24, 2.45) is 0 Å². The van der Waals surface area contributed by atoms with Crippen molar-refractivity contribution in [1.29, 1.82) is 0 Å². The van der Waals surface area contributed by atoms with Crippen LogP contribution in [0.15, 0.2) is 52.8 Å². The average molecular weight is 411 g/mol. The highest BCUT2D eigenvalue weighted by Crippen LogP contribution is 2.37. The molecule has 150 valence electrons. The van der Waals surface area contributed by atoms with E-state index in [4.69, 9.17) is 10.5 Å². The zero-order valence-corrected chi connectivity index (χ0v) is 16.9. The van der Waals surface area contributed by atoms with Crippen LogP contribution in [0, 0.1) is 0 Å². The number of rotatable bonds is 4. The maximum absolute atomic E-state index is 11.9. The molecule has 0 spiro atoms. The Morgan fingerprint density at radius 1 is 1.14 bits per heavy atom. The van der Waals surface area contributed by atoms with Gasteiger partial charge >= 0.3 is 6.09 Å². The number of fused-ring (bicyclic) bond motifs is 1. The summed E-state index contributed by atoms with van der Waals surface area (Å²) in [6, 6.07) is 10.00. The summed E-state index contributed by atoms with van der Waals surface area (Å²) in [6.45, 7) is 4.60. The predicted octanol–water partition coefficient (Wildman–Crippen LogP) is 3.04. The Labute approximate surface area is 173 Å². The van der Waals surface area contributed by atoms with Crippen molar-refractivity contribution < 1.29 is 9.53 Å². The van der Waals surface area contributed by atoms with Gasteiger partial charge in [0.25, 0.3) is 0 Å². The number of hydrogen-bond donors (Lipinski definition) is 1. The van der Waals surface area contributed by atoms with E-state index in [1.165, 1.54) is 18.1 Å². The fourth-order valence-corrected chi connectivity index (χ4v) is 4.21. The van der Waals surface area contributed by atoms with Gasteiger partial charge in [-0.25, -0.2) is 14.8 Å². The number of nitrogens with zero attached hydrogens (tertiary/aromatic N) is 5. The van der Waals surface area contributed by atoms with Crippen LogP contribution in [0.4, 0.5) is 16.3 Å². The van der Waals surface area contributed by atoms with Crippen LogP contribution in [0.25, 0.3) is 10.9 Å². The minimum Gasteiger partial charge on any atom is -0.450 e. The number of nitrogen functional groups attached to an aromatic ring is 1. The van der Waals surface area contributed by atoms with Gasteiger partial charge in [0.15, 0.2) is 5.82 Å². The summed E-state index contributed by atoms with van der Waals surface area (Å²) in [5, 5.41) is 1.77. The summed E-state index contributed by atoms with van der Waals surface area (Å²) in [6.07, 6.45) is 3.04. The maximum Gasteiger partial charge on any atom is 0.409 e. The average Bonchev–Trinajstić information content (AvgIpc) is 2.76. The molecule has 1 aliphatic rings. The normalized spacial score (nSPS) is 14.2. The second kappa shape index (κ2) is 8.52. The SMILES string of the molecule is CCOC(=O)N1CCN(c2ncnc(Sc3cccc4cccnc34)c2N)CC1. The fourth-order valence-electron chi connectivity index (χ4n) is 3.28. The minimum atomic E-state index is -0.275. The van der Waals surface area contributed by atoms with Crippen LogP contribution in [0.5, 0.6) is 0 Å². The number of carbonyl (C=O) groups excluding carboxylic acids is 1. The van der Waals surface area contributed by atoms with Gasteiger partial charge in [0.1, 0.15) is 17.0 Å². The van der Waals surface area contributed by atoms with E-state index in [0.717, 1.165) is 15.8 Å². The zero-order chi connectivity index (χ0) is 20.2. The van der Waals surface area contributed by atoms with E-state index in [0.29, 0.717) is 49.3 Å². The molecule has 9 heteroatoms. The van der Waals surface area contributed by atoms with Crippen molar-refractivity contribution in [2.75, 3.05) is 43.4 Å². The van der Waals surface area contributed by atoms with E-state index < -0.39 is 0 Å². The molecule has 1 amide bonds. The lowest BCUT2D eigenvalue weighted by molar-refractivity contribution is 0.105. The molecule has 0 radical (unpaired) electrons. The maximum atomic E-state index is 11.9. The molecule has 4 rings (SSSR count). The third kappa shape index (κ3) is 4.04. The number of nitrogens with two attached hydrogens (primary N) is 1. The molecule has 0 bridgehead atoms. The van der Waals surface area contributed by atoms with E-state index in [2.05, 4.69) is 19.9 Å². The predicted molar refractivity (Wildman–Crippen MR) is 113 cm³/mol.